The Balaban J connectivity index is 3.79. The number of thioether (sulfide) groups is 2. The molecule has 0 saturated carbocycles. The van der Waals surface area contributed by atoms with Crippen molar-refractivity contribution in [1.29, 1.82) is 0 Å². The maximum absolute atomic E-state index is 6.60. The second-order valence-electron chi connectivity index (χ2n) is 2.07. The van der Waals surface area contributed by atoms with Gasteiger partial charge in [0.1, 0.15) is 0 Å². The van der Waals surface area contributed by atoms with Crippen molar-refractivity contribution in [2.75, 3.05) is 24.6 Å². The van der Waals surface area contributed by atoms with Gasteiger partial charge in [-0.1, -0.05) is 0 Å². The van der Waals surface area contributed by atoms with Crippen LogP contribution in [0, 0.1) is 13.1 Å². The van der Waals surface area contributed by atoms with Crippen LogP contribution >= 0.6 is 48.8 Å². The van der Waals surface area contributed by atoms with Gasteiger partial charge < -0.3 is 9.69 Å². The Labute approximate surface area is 104 Å². The topological polar surface area (TPSA) is 8.72 Å². The van der Waals surface area contributed by atoms with Gasteiger partial charge in [-0.2, -0.15) is 0 Å². The van der Waals surface area contributed by atoms with Gasteiger partial charge in [0.25, 0.3) is 0 Å². The molecule has 0 aliphatic carbocycles. The predicted octanol–water partition coefficient (Wildman–Crippen LogP) is 3.28. The number of hydrogen-bond donors (Lipinski definition) is 2. The molecular formula is C8H10N2S4. The van der Waals surface area contributed by atoms with E-state index in [1.165, 1.54) is 23.5 Å². The molecular weight excluding hydrogens is 252 g/mol. The summed E-state index contributed by atoms with van der Waals surface area (Å²) in [5.74, 6) is 1.49. The van der Waals surface area contributed by atoms with Crippen molar-refractivity contribution in [2.24, 2.45) is 0 Å². The number of rotatable bonds is 6. The fraction of sp³-hybridized carbons (Fsp3) is 0.500. The van der Waals surface area contributed by atoms with Crippen molar-refractivity contribution in [1.82, 2.24) is 0 Å². The van der Waals surface area contributed by atoms with E-state index in [1.54, 1.807) is 0 Å². The molecule has 0 aromatic heterocycles. The summed E-state index contributed by atoms with van der Waals surface area (Å²) in [7, 11) is 0. The van der Waals surface area contributed by atoms with Gasteiger partial charge in [-0.15, -0.1) is 48.8 Å². The van der Waals surface area contributed by atoms with Crippen LogP contribution in [0.4, 0.5) is 0 Å². The van der Waals surface area contributed by atoms with E-state index in [0.29, 0.717) is 13.1 Å². The van der Waals surface area contributed by atoms with Crippen LogP contribution in [0.5, 0.6) is 0 Å². The molecule has 0 saturated heterocycles. The molecule has 0 aromatic rings. The lowest BCUT2D eigenvalue weighted by Crippen LogP contribution is -1.84. The fourth-order valence-electron chi connectivity index (χ4n) is 0.499. The second kappa shape index (κ2) is 9.67. The first-order valence-electron chi connectivity index (χ1n) is 3.76. The highest BCUT2D eigenvalue weighted by Crippen LogP contribution is 2.32. The van der Waals surface area contributed by atoms with Gasteiger partial charge in [-0.05, 0) is 0 Å². The lowest BCUT2D eigenvalue weighted by atomic mass is 10.8. The molecule has 0 rings (SSSR count). The summed E-state index contributed by atoms with van der Waals surface area (Å²) in [6, 6.07) is 0. The second-order valence-corrected chi connectivity index (χ2v) is 5.78. The summed E-state index contributed by atoms with van der Waals surface area (Å²) >= 11 is 11.6. The van der Waals surface area contributed by atoms with Gasteiger partial charge in [-0.3, -0.25) is 0 Å². The van der Waals surface area contributed by atoms with Gasteiger partial charge in [0.15, 0.2) is 0 Å². The molecule has 0 aliphatic heterocycles. The van der Waals surface area contributed by atoms with Gasteiger partial charge >= 0.3 is 0 Å². The van der Waals surface area contributed by atoms with Gasteiger partial charge in [0.05, 0.1) is 20.0 Å². The molecule has 0 fully saturated rings. The molecule has 0 N–H and O–H groups in total. The summed E-state index contributed by atoms with van der Waals surface area (Å²) in [6.45, 7) is 14.2. The van der Waals surface area contributed by atoms with Crippen LogP contribution in [-0.4, -0.2) is 24.6 Å². The Hall–Kier alpha value is 0.120. The molecule has 6 heteroatoms. The van der Waals surface area contributed by atoms with Crippen LogP contribution in [0.1, 0.15) is 0 Å². The Morgan fingerprint density at radius 3 is 1.57 bits per heavy atom. The van der Waals surface area contributed by atoms with E-state index in [4.69, 9.17) is 13.1 Å². The van der Waals surface area contributed by atoms with Crippen LogP contribution in [0.15, 0.2) is 8.47 Å². The lowest BCUT2D eigenvalue weighted by Gasteiger charge is -2.01. The summed E-state index contributed by atoms with van der Waals surface area (Å²) < 4.78 is 1.68. The molecule has 0 heterocycles. The monoisotopic (exact) mass is 262 g/mol. The molecule has 0 aliphatic rings. The lowest BCUT2D eigenvalue weighted by molar-refractivity contribution is 1.37. The highest BCUT2D eigenvalue weighted by molar-refractivity contribution is 8.21. The maximum atomic E-state index is 6.60. The number of hydrogen-bond acceptors (Lipinski definition) is 4. The van der Waals surface area contributed by atoms with E-state index in [2.05, 4.69) is 34.9 Å². The molecule has 0 radical (unpaired) electrons. The van der Waals surface area contributed by atoms with E-state index in [9.17, 15) is 0 Å². The zero-order valence-electron chi connectivity index (χ0n) is 7.43. The molecule has 0 bridgehead atoms. The average Bonchev–Trinajstić information content (AvgIpc) is 2.18. The van der Waals surface area contributed by atoms with Crippen LogP contribution in [0.2, 0.25) is 0 Å². The number of thiol groups is 2. The molecule has 2 nitrogen and oxygen atoms in total. The summed E-state index contributed by atoms with van der Waals surface area (Å²) in [6.07, 6.45) is 0. The SMILES string of the molecule is [C-]#[N+]CCSC(S)=C(S)SCC[N+]#[C-]. The highest BCUT2D eigenvalue weighted by atomic mass is 32.2. The predicted molar refractivity (Wildman–Crippen MR) is 72.9 cm³/mol. The minimum absolute atomic E-state index is 0.502. The van der Waals surface area contributed by atoms with Crippen molar-refractivity contribution in [3.8, 4) is 0 Å². The summed E-state index contributed by atoms with van der Waals surface area (Å²) in [5.41, 5.74) is 0. The van der Waals surface area contributed by atoms with Crippen LogP contribution < -0.4 is 0 Å². The fourth-order valence-corrected chi connectivity index (χ4v) is 2.79. The van der Waals surface area contributed by atoms with Crippen LogP contribution in [-0.2, 0) is 0 Å². The highest BCUT2D eigenvalue weighted by Gasteiger charge is 2.02. The first-order chi connectivity index (χ1) is 6.72. The Morgan fingerprint density at radius 2 is 1.29 bits per heavy atom. The standard InChI is InChI=1S/C8H10N2S4/c1-9-3-5-13-7(11)8(12)14-6-4-10-2/h11-12H,3-6H2. The van der Waals surface area contributed by atoms with Crippen molar-refractivity contribution in [3.05, 3.63) is 31.3 Å². The van der Waals surface area contributed by atoms with E-state index in [0.717, 1.165) is 20.0 Å². The van der Waals surface area contributed by atoms with Gasteiger partial charge in [-0.25, -0.2) is 13.1 Å². The van der Waals surface area contributed by atoms with E-state index < -0.39 is 0 Å². The van der Waals surface area contributed by atoms with Crippen molar-refractivity contribution in [2.45, 2.75) is 0 Å². The Kier molecular flexibility index (Phi) is 9.75. The Morgan fingerprint density at radius 1 is 0.929 bits per heavy atom. The van der Waals surface area contributed by atoms with Crippen molar-refractivity contribution in [3.63, 3.8) is 0 Å². The zero-order valence-corrected chi connectivity index (χ0v) is 10.9. The molecule has 0 unspecified atom stereocenters. The quantitative estimate of drug-likeness (QED) is 0.432. The third-order valence-corrected chi connectivity index (χ3v) is 4.63. The van der Waals surface area contributed by atoms with Crippen molar-refractivity contribution >= 4 is 48.8 Å². The van der Waals surface area contributed by atoms with Gasteiger partial charge in [0.2, 0.25) is 13.1 Å². The third-order valence-electron chi connectivity index (χ3n) is 1.07. The minimum atomic E-state index is 0.502. The molecule has 0 amide bonds. The third kappa shape index (κ3) is 7.52. The first-order valence-corrected chi connectivity index (χ1v) is 6.63. The van der Waals surface area contributed by atoms with Gasteiger partial charge in [0, 0.05) is 0 Å². The maximum Gasteiger partial charge on any atom is 0.224 e. The normalized spacial score (nSPS) is 11.4. The Bertz CT molecular complexity index is 246. The summed E-state index contributed by atoms with van der Waals surface area (Å²) in [5, 5.41) is 0. The van der Waals surface area contributed by atoms with E-state index in [-0.39, 0.29) is 0 Å². The van der Waals surface area contributed by atoms with Crippen LogP contribution in [0.3, 0.4) is 0 Å². The molecule has 0 spiro atoms. The van der Waals surface area contributed by atoms with E-state index >= 15 is 0 Å². The molecule has 0 atom stereocenters. The summed E-state index contributed by atoms with van der Waals surface area (Å²) in [4.78, 5) is 6.49. The average molecular weight is 262 g/mol. The van der Waals surface area contributed by atoms with Crippen molar-refractivity contribution < 1.29 is 0 Å². The van der Waals surface area contributed by atoms with E-state index in [1.807, 2.05) is 0 Å². The zero-order chi connectivity index (χ0) is 10.8. The smallest absolute Gasteiger partial charge is 0.224 e. The largest absolute Gasteiger partial charge is 0.316 e. The van der Waals surface area contributed by atoms with Crippen LogP contribution in [0.25, 0.3) is 9.69 Å². The first kappa shape index (κ1) is 14.1. The molecule has 0 aromatic carbocycles. The number of nitrogens with zero attached hydrogens (tertiary/aromatic N) is 2. The molecule has 76 valence electrons. The molecule has 14 heavy (non-hydrogen) atoms. The minimum Gasteiger partial charge on any atom is -0.316 e.